The van der Waals surface area contributed by atoms with Gasteiger partial charge in [-0.25, -0.2) is 0 Å². The minimum Gasteiger partial charge on any atom is -0.375 e. The van der Waals surface area contributed by atoms with E-state index in [0.717, 1.165) is 49.2 Å². The molecule has 0 saturated heterocycles. The standard InChI is InChI=1S/C16H20N2O3/c1-21-10-15(19)17-13-6-7-14-12(9-13)3-2-8-18(14)16(20)11-4-5-11/h6-7,9,11H,2-5,8,10H2,1H3,(H,17,19). The summed E-state index contributed by atoms with van der Waals surface area (Å²) in [6.45, 7) is 0.848. The lowest BCUT2D eigenvalue weighted by Crippen LogP contribution is -2.36. The van der Waals surface area contributed by atoms with Gasteiger partial charge in [-0.2, -0.15) is 0 Å². The van der Waals surface area contributed by atoms with Crippen LogP contribution < -0.4 is 10.2 Å². The quantitative estimate of drug-likeness (QED) is 0.921. The monoisotopic (exact) mass is 288 g/mol. The number of nitrogens with one attached hydrogen (secondary N) is 1. The maximum absolute atomic E-state index is 12.3. The molecule has 1 aliphatic heterocycles. The first-order valence-electron chi connectivity index (χ1n) is 7.42. The van der Waals surface area contributed by atoms with Crippen molar-refractivity contribution in [3.8, 4) is 0 Å². The molecule has 0 unspecified atom stereocenters. The van der Waals surface area contributed by atoms with Crippen LogP contribution in [0.15, 0.2) is 18.2 Å². The zero-order chi connectivity index (χ0) is 14.8. The van der Waals surface area contributed by atoms with Crippen molar-refractivity contribution < 1.29 is 14.3 Å². The number of anilines is 2. The number of carbonyl (C=O) groups excluding carboxylic acids is 2. The van der Waals surface area contributed by atoms with E-state index in [1.54, 1.807) is 0 Å². The smallest absolute Gasteiger partial charge is 0.250 e. The molecule has 2 amide bonds. The van der Waals surface area contributed by atoms with E-state index in [9.17, 15) is 9.59 Å². The van der Waals surface area contributed by atoms with E-state index in [-0.39, 0.29) is 24.3 Å². The maximum atomic E-state index is 12.3. The Kier molecular flexibility index (Phi) is 3.92. The number of methoxy groups -OCH3 is 1. The highest BCUT2D eigenvalue weighted by Crippen LogP contribution is 2.36. The molecule has 0 atom stereocenters. The van der Waals surface area contributed by atoms with Crippen LogP contribution in [0.3, 0.4) is 0 Å². The van der Waals surface area contributed by atoms with Crippen molar-refractivity contribution >= 4 is 23.2 Å². The van der Waals surface area contributed by atoms with Gasteiger partial charge in [-0.15, -0.1) is 0 Å². The normalized spacial score (nSPS) is 17.3. The number of ether oxygens (including phenoxy) is 1. The van der Waals surface area contributed by atoms with Gasteiger partial charge >= 0.3 is 0 Å². The number of hydrogen-bond donors (Lipinski definition) is 1. The molecule has 1 aromatic carbocycles. The third kappa shape index (κ3) is 3.08. The van der Waals surface area contributed by atoms with Gasteiger partial charge in [0.25, 0.3) is 0 Å². The van der Waals surface area contributed by atoms with Crippen LogP contribution >= 0.6 is 0 Å². The molecule has 0 bridgehead atoms. The second-order valence-corrected chi connectivity index (χ2v) is 5.69. The van der Waals surface area contributed by atoms with Gasteiger partial charge in [0.2, 0.25) is 11.8 Å². The number of hydrogen-bond acceptors (Lipinski definition) is 3. The fraction of sp³-hybridized carbons (Fsp3) is 0.500. The summed E-state index contributed by atoms with van der Waals surface area (Å²) in [4.78, 5) is 25.8. The molecule has 21 heavy (non-hydrogen) atoms. The van der Waals surface area contributed by atoms with Crippen molar-refractivity contribution in [3.63, 3.8) is 0 Å². The molecule has 0 radical (unpaired) electrons. The lowest BCUT2D eigenvalue weighted by molar-refractivity contribution is -0.120. The summed E-state index contributed by atoms with van der Waals surface area (Å²) in [6.07, 6.45) is 3.96. The number of rotatable bonds is 4. The molecule has 5 heteroatoms. The van der Waals surface area contributed by atoms with E-state index in [1.807, 2.05) is 23.1 Å². The average molecular weight is 288 g/mol. The second kappa shape index (κ2) is 5.85. The third-order valence-electron chi connectivity index (χ3n) is 3.95. The number of benzene rings is 1. The lowest BCUT2D eigenvalue weighted by atomic mass is 10.0. The van der Waals surface area contributed by atoms with Gasteiger partial charge < -0.3 is 15.0 Å². The van der Waals surface area contributed by atoms with Gasteiger partial charge in [0.05, 0.1) is 0 Å². The minimum absolute atomic E-state index is 0.0450. The van der Waals surface area contributed by atoms with Crippen LogP contribution in [0.1, 0.15) is 24.8 Å². The SMILES string of the molecule is COCC(=O)Nc1ccc2c(c1)CCCN2C(=O)C1CC1. The van der Waals surface area contributed by atoms with E-state index in [0.29, 0.717) is 0 Å². The number of carbonyl (C=O) groups is 2. The molecule has 1 aromatic rings. The summed E-state index contributed by atoms with van der Waals surface area (Å²) in [6, 6.07) is 5.76. The molecule has 1 fully saturated rings. The van der Waals surface area contributed by atoms with E-state index < -0.39 is 0 Å². The Morgan fingerprint density at radius 3 is 2.90 bits per heavy atom. The minimum atomic E-state index is -0.167. The first-order chi connectivity index (χ1) is 10.2. The predicted octanol–water partition coefficient (Wildman–Crippen LogP) is 1.96. The highest BCUT2D eigenvalue weighted by Gasteiger charge is 2.35. The topological polar surface area (TPSA) is 58.6 Å². The van der Waals surface area contributed by atoms with Crippen LogP contribution in [-0.4, -0.2) is 32.1 Å². The Bertz CT molecular complexity index is 567. The highest BCUT2D eigenvalue weighted by molar-refractivity contribution is 5.98. The number of fused-ring (bicyclic) bond motifs is 1. The van der Waals surface area contributed by atoms with Crippen molar-refractivity contribution in [1.82, 2.24) is 0 Å². The second-order valence-electron chi connectivity index (χ2n) is 5.69. The molecule has 0 aromatic heterocycles. The molecule has 2 aliphatic rings. The summed E-state index contributed by atoms with van der Waals surface area (Å²) in [7, 11) is 1.49. The molecule has 3 rings (SSSR count). The Balaban J connectivity index is 1.78. The Labute approximate surface area is 124 Å². The summed E-state index contributed by atoms with van der Waals surface area (Å²) in [5.74, 6) is 0.323. The Hall–Kier alpha value is -1.88. The van der Waals surface area contributed by atoms with Crippen molar-refractivity contribution in [1.29, 1.82) is 0 Å². The molecule has 1 heterocycles. The van der Waals surface area contributed by atoms with Crippen LogP contribution in [0.4, 0.5) is 11.4 Å². The van der Waals surface area contributed by atoms with Crippen molar-refractivity contribution in [3.05, 3.63) is 23.8 Å². The molecular formula is C16H20N2O3. The lowest BCUT2D eigenvalue weighted by Gasteiger charge is -2.30. The van der Waals surface area contributed by atoms with Gasteiger partial charge in [0.15, 0.2) is 0 Å². The fourth-order valence-electron chi connectivity index (χ4n) is 2.78. The number of amides is 2. The van der Waals surface area contributed by atoms with Crippen LogP contribution in [0.2, 0.25) is 0 Å². The van der Waals surface area contributed by atoms with Crippen LogP contribution in [0.25, 0.3) is 0 Å². The molecule has 0 spiro atoms. The molecular weight excluding hydrogens is 268 g/mol. The molecule has 5 nitrogen and oxygen atoms in total. The maximum Gasteiger partial charge on any atom is 0.250 e. The molecule has 1 N–H and O–H groups in total. The van der Waals surface area contributed by atoms with Crippen LogP contribution in [0.5, 0.6) is 0 Å². The summed E-state index contributed by atoms with van der Waals surface area (Å²) in [5.41, 5.74) is 2.89. The molecule has 1 aliphatic carbocycles. The summed E-state index contributed by atoms with van der Waals surface area (Å²) < 4.78 is 4.81. The van der Waals surface area contributed by atoms with E-state index in [1.165, 1.54) is 7.11 Å². The van der Waals surface area contributed by atoms with E-state index in [2.05, 4.69) is 5.32 Å². The largest absolute Gasteiger partial charge is 0.375 e. The van der Waals surface area contributed by atoms with Crippen molar-refractivity contribution in [2.75, 3.05) is 30.5 Å². The average Bonchev–Trinajstić information content (AvgIpc) is 3.30. The van der Waals surface area contributed by atoms with E-state index >= 15 is 0 Å². The van der Waals surface area contributed by atoms with Crippen molar-refractivity contribution in [2.24, 2.45) is 5.92 Å². The molecule has 112 valence electrons. The first kappa shape index (κ1) is 14.1. The van der Waals surface area contributed by atoms with Gasteiger partial charge in [-0.3, -0.25) is 9.59 Å². The highest BCUT2D eigenvalue weighted by atomic mass is 16.5. The number of aryl methyl sites for hydroxylation is 1. The van der Waals surface area contributed by atoms with Crippen molar-refractivity contribution in [2.45, 2.75) is 25.7 Å². The van der Waals surface area contributed by atoms with Crippen LogP contribution in [-0.2, 0) is 20.7 Å². The zero-order valence-corrected chi connectivity index (χ0v) is 12.2. The van der Waals surface area contributed by atoms with Gasteiger partial charge in [-0.05, 0) is 49.4 Å². The Morgan fingerprint density at radius 2 is 2.19 bits per heavy atom. The van der Waals surface area contributed by atoms with Gasteiger partial charge in [0, 0.05) is 30.9 Å². The summed E-state index contributed by atoms with van der Waals surface area (Å²) in [5, 5.41) is 2.80. The fourth-order valence-corrected chi connectivity index (χ4v) is 2.78. The van der Waals surface area contributed by atoms with Gasteiger partial charge in [0.1, 0.15) is 6.61 Å². The number of nitrogens with zero attached hydrogens (tertiary/aromatic N) is 1. The molecule has 1 saturated carbocycles. The predicted molar refractivity (Wildman–Crippen MR) is 80.3 cm³/mol. The zero-order valence-electron chi connectivity index (χ0n) is 12.2. The van der Waals surface area contributed by atoms with Crippen LogP contribution in [0, 0.1) is 5.92 Å². The summed E-state index contributed by atoms with van der Waals surface area (Å²) >= 11 is 0. The third-order valence-corrected chi connectivity index (χ3v) is 3.95. The first-order valence-corrected chi connectivity index (χ1v) is 7.42. The Morgan fingerprint density at radius 1 is 1.38 bits per heavy atom. The van der Waals surface area contributed by atoms with Gasteiger partial charge in [-0.1, -0.05) is 0 Å². The van der Waals surface area contributed by atoms with E-state index in [4.69, 9.17) is 4.74 Å².